The van der Waals surface area contributed by atoms with Crippen LogP contribution in [-0.4, -0.2) is 43.3 Å². The molecule has 0 radical (unpaired) electrons. The summed E-state index contributed by atoms with van der Waals surface area (Å²) in [5.74, 6) is 1.37. The van der Waals surface area contributed by atoms with E-state index in [9.17, 15) is 0 Å². The lowest BCUT2D eigenvalue weighted by atomic mass is 9.89. The van der Waals surface area contributed by atoms with Crippen LogP contribution in [0.25, 0.3) is 0 Å². The van der Waals surface area contributed by atoms with Crippen molar-refractivity contribution < 1.29 is 4.74 Å². The second-order valence-electron chi connectivity index (χ2n) is 5.64. The number of hydrogen-bond donors (Lipinski definition) is 1. The zero-order valence-corrected chi connectivity index (χ0v) is 10.7. The monoisotopic (exact) mass is 226 g/mol. The Morgan fingerprint density at radius 2 is 2.12 bits per heavy atom. The molecule has 2 saturated heterocycles. The van der Waals surface area contributed by atoms with Gasteiger partial charge in [0, 0.05) is 31.2 Å². The second kappa shape index (κ2) is 5.48. The fraction of sp³-hybridized carbons (Fsp3) is 1.00. The van der Waals surface area contributed by atoms with Gasteiger partial charge in [-0.25, -0.2) is 0 Å². The van der Waals surface area contributed by atoms with E-state index in [0.29, 0.717) is 18.0 Å². The van der Waals surface area contributed by atoms with Crippen LogP contribution < -0.4 is 5.73 Å². The van der Waals surface area contributed by atoms with Gasteiger partial charge in [0.15, 0.2) is 0 Å². The minimum absolute atomic E-state index is 0.346. The molecule has 0 amide bonds. The van der Waals surface area contributed by atoms with E-state index in [-0.39, 0.29) is 0 Å². The Morgan fingerprint density at radius 1 is 1.31 bits per heavy atom. The third-order valence-corrected chi connectivity index (χ3v) is 4.51. The molecule has 2 fully saturated rings. The Hall–Kier alpha value is -0.120. The Morgan fingerprint density at radius 3 is 2.88 bits per heavy atom. The average molecular weight is 226 g/mol. The number of nitrogens with two attached hydrogens (primary N) is 1. The number of likely N-dealkylation sites (tertiary alicyclic amines) is 1. The number of piperidine rings is 1. The Balaban J connectivity index is 1.87. The van der Waals surface area contributed by atoms with Crippen LogP contribution >= 0.6 is 0 Å². The van der Waals surface area contributed by atoms with Gasteiger partial charge < -0.3 is 10.5 Å². The van der Waals surface area contributed by atoms with Crippen LogP contribution in [0.4, 0.5) is 0 Å². The first-order valence-electron chi connectivity index (χ1n) is 6.76. The quantitative estimate of drug-likeness (QED) is 0.775. The summed E-state index contributed by atoms with van der Waals surface area (Å²) in [6.07, 6.45) is 3.75. The van der Waals surface area contributed by atoms with Gasteiger partial charge in [-0.1, -0.05) is 6.92 Å². The smallest absolute Gasteiger partial charge is 0.0521 e. The van der Waals surface area contributed by atoms with Crippen molar-refractivity contribution in [1.82, 2.24) is 4.90 Å². The molecule has 0 aromatic heterocycles. The topological polar surface area (TPSA) is 38.5 Å². The molecule has 16 heavy (non-hydrogen) atoms. The van der Waals surface area contributed by atoms with Crippen molar-refractivity contribution in [3.8, 4) is 0 Å². The van der Waals surface area contributed by atoms with Crippen molar-refractivity contribution in [1.29, 1.82) is 0 Å². The molecule has 2 aliphatic heterocycles. The largest absolute Gasteiger partial charge is 0.381 e. The highest BCUT2D eigenvalue weighted by Crippen LogP contribution is 2.25. The Bertz CT molecular complexity index is 222. The SMILES string of the molecule is CC1CCCN(CC2COCCC2N)C1C. The molecule has 94 valence electrons. The van der Waals surface area contributed by atoms with Crippen LogP contribution in [0.2, 0.25) is 0 Å². The summed E-state index contributed by atoms with van der Waals surface area (Å²) in [7, 11) is 0. The molecule has 0 saturated carbocycles. The summed E-state index contributed by atoms with van der Waals surface area (Å²) in [5, 5.41) is 0. The van der Waals surface area contributed by atoms with E-state index in [4.69, 9.17) is 10.5 Å². The summed E-state index contributed by atoms with van der Waals surface area (Å²) in [4.78, 5) is 2.62. The van der Waals surface area contributed by atoms with Gasteiger partial charge in [-0.2, -0.15) is 0 Å². The van der Waals surface area contributed by atoms with Crippen LogP contribution in [0.15, 0.2) is 0 Å². The predicted octanol–water partition coefficient (Wildman–Crippen LogP) is 1.47. The van der Waals surface area contributed by atoms with Crippen molar-refractivity contribution >= 4 is 0 Å². The summed E-state index contributed by atoms with van der Waals surface area (Å²) in [6.45, 7) is 8.82. The van der Waals surface area contributed by atoms with E-state index in [1.165, 1.54) is 19.4 Å². The van der Waals surface area contributed by atoms with E-state index in [2.05, 4.69) is 18.7 Å². The minimum Gasteiger partial charge on any atom is -0.381 e. The van der Waals surface area contributed by atoms with Crippen molar-refractivity contribution in [3.63, 3.8) is 0 Å². The molecule has 4 unspecified atom stereocenters. The first kappa shape index (κ1) is 12.3. The van der Waals surface area contributed by atoms with Gasteiger partial charge in [0.05, 0.1) is 6.61 Å². The number of hydrogen-bond acceptors (Lipinski definition) is 3. The molecule has 0 spiro atoms. The van der Waals surface area contributed by atoms with E-state index in [0.717, 1.165) is 32.1 Å². The lowest BCUT2D eigenvalue weighted by Gasteiger charge is -2.41. The Labute approximate surface area is 99.3 Å². The van der Waals surface area contributed by atoms with Crippen molar-refractivity contribution in [3.05, 3.63) is 0 Å². The van der Waals surface area contributed by atoms with Crippen molar-refractivity contribution in [2.75, 3.05) is 26.3 Å². The van der Waals surface area contributed by atoms with Crippen LogP contribution in [0.5, 0.6) is 0 Å². The summed E-state index contributed by atoms with van der Waals surface area (Å²) in [6, 6.07) is 1.06. The number of ether oxygens (including phenoxy) is 1. The molecule has 2 rings (SSSR count). The predicted molar refractivity (Wildman–Crippen MR) is 66.3 cm³/mol. The molecule has 3 nitrogen and oxygen atoms in total. The van der Waals surface area contributed by atoms with Gasteiger partial charge in [-0.05, 0) is 38.6 Å². The van der Waals surface area contributed by atoms with E-state index < -0.39 is 0 Å². The fourth-order valence-corrected chi connectivity index (χ4v) is 2.98. The highest BCUT2D eigenvalue weighted by molar-refractivity contribution is 4.84. The van der Waals surface area contributed by atoms with Crippen molar-refractivity contribution in [2.45, 2.75) is 45.2 Å². The van der Waals surface area contributed by atoms with Gasteiger partial charge in [0.1, 0.15) is 0 Å². The molecule has 2 heterocycles. The molecule has 0 aliphatic carbocycles. The first-order valence-corrected chi connectivity index (χ1v) is 6.76. The van der Waals surface area contributed by atoms with Gasteiger partial charge >= 0.3 is 0 Å². The zero-order chi connectivity index (χ0) is 11.5. The van der Waals surface area contributed by atoms with Crippen LogP contribution in [0.1, 0.15) is 33.1 Å². The van der Waals surface area contributed by atoms with Crippen molar-refractivity contribution in [2.24, 2.45) is 17.6 Å². The lowest BCUT2D eigenvalue weighted by molar-refractivity contribution is 0.00799. The van der Waals surface area contributed by atoms with E-state index >= 15 is 0 Å². The van der Waals surface area contributed by atoms with Crippen LogP contribution in [-0.2, 0) is 4.74 Å². The maximum absolute atomic E-state index is 6.17. The normalized spacial score (nSPS) is 42.2. The Kier molecular flexibility index (Phi) is 4.22. The number of rotatable bonds is 2. The maximum atomic E-state index is 6.17. The molecule has 2 N–H and O–H groups in total. The zero-order valence-electron chi connectivity index (χ0n) is 10.7. The highest BCUT2D eigenvalue weighted by Gasteiger charge is 2.30. The fourth-order valence-electron chi connectivity index (χ4n) is 2.98. The van der Waals surface area contributed by atoms with Gasteiger partial charge in [0.2, 0.25) is 0 Å². The maximum Gasteiger partial charge on any atom is 0.0521 e. The molecule has 2 aliphatic rings. The van der Waals surface area contributed by atoms with Gasteiger partial charge in [-0.15, -0.1) is 0 Å². The van der Waals surface area contributed by atoms with Crippen LogP contribution in [0.3, 0.4) is 0 Å². The first-order chi connectivity index (χ1) is 7.68. The molecule has 0 aromatic rings. The summed E-state index contributed by atoms with van der Waals surface area (Å²) in [5.41, 5.74) is 6.17. The van der Waals surface area contributed by atoms with Gasteiger partial charge in [-0.3, -0.25) is 4.90 Å². The second-order valence-corrected chi connectivity index (χ2v) is 5.64. The molecule has 4 atom stereocenters. The summed E-state index contributed by atoms with van der Waals surface area (Å²) < 4.78 is 5.55. The third-order valence-electron chi connectivity index (χ3n) is 4.51. The highest BCUT2D eigenvalue weighted by atomic mass is 16.5. The third kappa shape index (κ3) is 2.76. The molecular weight excluding hydrogens is 200 g/mol. The standard InChI is InChI=1S/C13H26N2O/c1-10-4-3-6-15(11(10)2)8-12-9-16-7-5-13(12)14/h10-13H,3-9,14H2,1-2H3. The lowest BCUT2D eigenvalue weighted by Crippen LogP contribution is -2.50. The average Bonchev–Trinajstić information content (AvgIpc) is 2.28. The van der Waals surface area contributed by atoms with E-state index in [1.54, 1.807) is 0 Å². The molecule has 3 heteroatoms. The van der Waals surface area contributed by atoms with Crippen LogP contribution in [0, 0.1) is 11.8 Å². The molecule has 0 aromatic carbocycles. The number of nitrogens with zero attached hydrogens (tertiary/aromatic N) is 1. The minimum atomic E-state index is 0.346. The van der Waals surface area contributed by atoms with E-state index in [1.807, 2.05) is 0 Å². The van der Waals surface area contributed by atoms with Gasteiger partial charge in [0.25, 0.3) is 0 Å². The molecule has 0 bridgehead atoms. The summed E-state index contributed by atoms with van der Waals surface area (Å²) >= 11 is 0. The molecular formula is C13H26N2O.